The lowest BCUT2D eigenvalue weighted by atomic mass is 10.2. The lowest BCUT2D eigenvalue weighted by molar-refractivity contribution is -0.113. The number of carbonyl (C=O) groups is 2. The first-order chi connectivity index (χ1) is 14.9. The van der Waals surface area contributed by atoms with Gasteiger partial charge in [0.15, 0.2) is 10.8 Å². The molecule has 0 fully saturated rings. The van der Waals surface area contributed by atoms with E-state index in [1.54, 1.807) is 16.8 Å². The first-order valence-corrected chi connectivity index (χ1v) is 10.3. The Kier molecular flexibility index (Phi) is 5.54. The van der Waals surface area contributed by atoms with Gasteiger partial charge in [-0.05, 0) is 48.9 Å². The van der Waals surface area contributed by atoms with Crippen LogP contribution in [0.25, 0.3) is 16.7 Å². The Hall–Kier alpha value is -3.92. The van der Waals surface area contributed by atoms with Gasteiger partial charge in [-0.2, -0.15) is 5.10 Å². The van der Waals surface area contributed by atoms with Crippen molar-refractivity contribution in [2.24, 2.45) is 5.73 Å². The number of benzene rings is 2. The number of nitrogens with zero attached hydrogens (tertiary/aromatic N) is 3. The number of H-pyrrole nitrogens is 1. The van der Waals surface area contributed by atoms with E-state index in [4.69, 9.17) is 5.73 Å². The van der Waals surface area contributed by atoms with Crippen LogP contribution in [0.5, 0.6) is 0 Å². The van der Waals surface area contributed by atoms with Crippen molar-refractivity contribution in [1.29, 1.82) is 0 Å². The quantitative estimate of drug-likeness (QED) is 0.315. The molecular formula is C21H18N6O3S. The van der Waals surface area contributed by atoms with Crippen LogP contribution < -0.4 is 16.6 Å². The number of aromatic nitrogens is 4. The van der Waals surface area contributed by atoms with Crippen molar-refractivity contribution in [3.8, 4) is 5.69 Å². The van der Waals surface area contributed by atoms with Gasteiger partial charge in [-0.1, -0.05) is 23.9 Å². The summed E-state index contributed by atoms with van der Waals surface area (Å²) in [7, 11) is 0. The molecule has 2 amide bonds. The molecule has 0 aliphatic heterocycles. The highest BCUT2D eigenvalue weighted by Gasteiger charge is 2.13. The first-order valence-electron chi connectivity index (χ1n) is 9.28. The fourth-order valence-electron chi connectivity index (χ4n) is 2.96. The van der Waals surface area contributed by atoms with Crippen molar-refractivity contribution >= 4 is 40.3 Å². The highest BCUT2D eigenvalue weighted by Crippen LogP contribution is 2.19. The van der Waals surface area contributed by atoms with Gasteiger partial charge in [0.1, 0.15) is 5.39 Å². The van der Waals surface area contributed by atoms with Gasteiger partial charge >= 0.3 is 0 Å². The van der Waals surface area contributed by atoms with E-state index in [2.05, 4.69) is 20.4 Å². The molecule has 0 saturated carbocycles. The molecule has 0 unspecified atom stereocenters. The molecule has 0 spiro atoms. The minimum Gasteiger partial charge on any atom is -0.366 e. The molecule has 2 aromatic heterocycles. The maximum absolute atomic E-state index is 12.4. The van der Waals surface area contributed by atoms with E-state index in [-0.39, 0.29) is 17.2 Å². The second-order valence-corrected chi connectivity index (χ2v) is 7.75. The standard InChI is InChI=1S/C21H18N6O3S/c1-12-3-2-4-15(9-12)27-19-16(10-23-27)20(30)26-21(25-19)31-11-17(28)24-14-7-5-13(6-8-14)18(22)29/h2-10H,11H2,1H3,(H2,22,29)(H,24,28)(H,25,26,30). The second kappa shape index (κ2) is 8.44. The normalized spacial score (nSPS) is 10.9. The van der Waals surface area contributed by atoms with Crippen molar-refractivity contribution in [2.45, 2.75) is 12.1 Å². The van der Waals surface area contributed by atoms with Crippen LogP contribution in [0.1, 0.15) is 15.9 Å². The van der Waals surface area contributed by atoms with E-state index in [0.717, 1.165) is 23.0 Å². The van der Waals surface area contributed by atoms with Gasteiger partial charge in [-0.15, -0.1) is 0 Å². The third kappa shape index (κ3) is 4.48. The predicted molar refractivity (Wildman–Crippen MR) is 119 cm³/mol. The minimum atomic E-state index is -0.538. The number of aromatic amines is 1. The molecular weight excluding hydrogens is 416 g/mol. The number of aryl methyl sites for hydroxylation is 1. The number of rotatable bonds is 6. The molecule has 156 valence electrons. The Bertz CT molecular complexity index is 1340. The Morgan fingerprint density at radius 1 is 1.19 bits per heavy atom. The molecule has 9 nitrogen and oxygen atoms in total. The maximum Gasteiger partial charge on any atom is 0.262 e. The Labute approximate surface area is 180 Å². The number of carbonyl (C=O) groups excluding carboxylic acids is 2. The number of anilines is 1. The SMILES string of the molecule is Cc1cccc(-n2ncc3c(=O)[nH]c(SCC(=O)Nc4ccc(C(N)=O)cc4)nc32)c1. The molecule has 10 heteroatoms. The molecule has 0 aliphatic carbocycles. The third-order valence-electron chi connectivity index (χ3n) is 4.46. The highest BCUT2D eigenvalue weighted by atomic mass is 32.2. The number of primary amides is 1. The number of nitrogens with one attached hydrogen (secondary N) is 2. The van der Waals surface area contributed by atoms with Crippen LogP contribution in [0.2, 0.25) is 0 Å². The summed E-state index contributed by atoms with van der Waals surface area (Å²) >= 11 is 1.10. The first kappa shape index (κ1) is 20.4. The van der Waals surface area contributed by atoms with Crippen LogP contribution in [0, 0.1) is 6.92 Å². The lowest BCUT2D eigenvalue weighted by Gasteiger charge is -2.07. The van der Waals surface area contributed by atoms with E-state index in [1.807, 2.05) is 31.2 Å². The lowest BCUT2D eigenvalue weighted by Crippen LogP contribution is -2.16. The van der Waals surface area contributed by atoms with E-state index < -0.39 is 5.91 Å². The van der Waals surface area contributed by atoms with Crippen LogP contribution in [-0.4, -0.2) is 37.3 Å². The van der Waals surface area contributed by atoms with Crippen molar-refractivity contribution in [3.05, 3.63) is 76.2 Å². The Balaban J connectivity index is 1.51. The summed E-state index contributed by atoms with van der Waals surface area (Å²) < 4.78 is 1.60. The molecule has 0 radical (unpaired) electrons. The number of amides is 2. The molecule has 0 saturated heterocycles. The Morgan fingerprint density at radius 2 is 1.97 bits per heavy atom. The zero-order valence-electron chi connectivity index (χ0n) is 16.5. The van der Waals surface area contributed by atoms with E-state index in [0.29, 0.717) is 27.4 Å². The minimum absolute atomic E-state index is 0.0323. The van der Waals surface area contributed by atoms with Crippen molar-refractivity contribution in [3.63, 3.8) is 0 Å². The van der Waals surface area contributed by atoms with Crippen molar-refractivity contribution in [2.75, 3.05) is 11.1 Å². The molecule has 4 rings (SSSR count). The zero-order chi connectivity index (χ0) is 22.0. The van der Waals surface area contributed by atoms with E-state index >= 15 is 0 Å². The fraction of sp³-hybridized carbons (Fsp3) is 0.0952. The summed E-state index contributed by atoms with van der Waals surface area (Å²) in [5, 5.41) is 7.69. The van der Waals surface area contributed by atoms with Crippen LogP contribution in [0.3, 0.4) is 0 Å². The molecule has 0 aliphatic rings. The van der Waals surface area contributed by atoms with E-state index in [9.17, 15) is 14.4 Å². The van der Waals surface area contributed by atoms with Crippen molar-refractivity contribution in [1.82, 2.24) is 19.7 Å². The summed E-state index contributed by atoms with van der Waals surface area (Å²) in [4.78, 5) is 43.0. The topological polar surface area (TPSA) is 136 Å². The smallest absolute Gasteiger partial charge is 0.262 e. The number of hydrogen-bond donors (Lipinski definition) is 3. The molecule has 4 N–H and O–H groups in total. The fourth-order valence-corrected chi connectivity index (χ4v) is 3.62. The number of thioether (sulfide) groups is 1. The molecule has 0 atom stereocenters. The highest BCUT2D eigenvalue weighted by molar-refractivity contribution is 7.99. The molecule has 2 aromatic carbocycles. The van der Waals surface area contributed by atoms with E-state index in [1.165, 1.54) is 18.3 Å². The second-order valence-electron chi connectivity index (χ2n) is 6.78. The molecule has 31 heavy (non-hydrogen) atoms. The summed E-state index contributed by atoms with van der Waals surface area (Å²) in [5.41, 5.74) is 8.03. The zero-order valence-corrected chi connectivity index (χ0v) is 17.3. The number of fused-ring (bicyclic) bond motifs is 1. The van der Waals surface area contributed by atoms with Gasteiger partial charge in [-0.25, -0.2) is 9.67 Å². The summed E-state index contributed by atoms with van der Waals surface area (Å²) in [6.07, 6.45) is 1.47. The van der Waals surface area contributed by atoms with Gasteiger partial charge < -0.3 is 16.0 Å². The largest absolute Gasteiger partial charge is 0.366 e. The molecule has 4 aromatic rings. The van der Waals surface area contributed by atoms with Crippen LogP contribution in [0.15, 0.2) is 64.7 Å². The third-order valence-corrected chi connectivity index (χ3v) is 5.33. The van der Waals surface area contributed by atoms with Gasteiger partial charge in [0.25, 0.3) is 5.56 Å². The summed E-state index contributed by atoms with van der Waals surface area (Å²) in [5.74, 6) is -0.791. The Morgan fingerprint density at radius 3 is 2.68 bits per heavy atom. The monoisotopic (exact) mass is 434 g/mol. The van der Waals surface area contributed by atoms with Gasteiger partial charge in [0, 0.05) is 11.3 Å². The van der Waals surface area contributed by atoms with Crippen LogP contribution >= 0.6 is 11.8 Å². The molecule has 0 bridgehead atoms. The predicted octanol–water partition coefficient (Wildman–Crippen LogP) is 2.25. The average molecular weight is 434 g/mol. The number of nitrogens with two attached hydrogens (primary N) is 1. The summed E-state index contributed by atoms with van der Waals surface area (Å²) in [6.45, 7) is 1.97. The maximum atomic E-state index is 12.4. The van der Waals surface area contributed by atoms with Crippen molar-refractivity contribution < 1.29 is 9.59 Å². The average Bonchev–Trinajstić information content (AvgIpc) is 3.17. The van der Waals surface area contributed by atoms with Crippen LogP contribution in [0.4, 0.5) is 5.69 Å². The summed E-state index contributed by atoms with van der Waals surface area (Å²) in [6, 6.07) is 13.9. The van der Waals surface area contributed by atoms with Gasteiger partial charge in [0.2, 0.25) is 11.8 Å². The van der Waals surface area contributed by atoms with Gasteiger partial charge in [-0.3, -0.25) is 14.4 Å². The van der Waals surface area contributed by atoms with Crippen LogP contribution in [-0.2, 0) is 4.79 Å². The molecule has 2 heterocycles. The van der Waals surface area contributed by atoms with Gasteiger partial charge in [0.05, 0.1) is 17.6 Å². The number of hydrogen-bond acceptors (Lipinski definition) is 6.